The molecule has 3 aromatic rings. The Morgan fingerprint density at radius 1 is 0.881 bits per heavy atom. The Labute approximate surface area is 251 Å². The fraction of sp³-hybridized carbons (Fsp3) is 0.412. The summed E-state index contributed by atoms with van der Waals surface area (Å²) in [6, 6.07) is 24.5. The molecule has 4 rings (SSSR count). The smallest absolute Gasteiger partial charge is 0.243 e. The first-order chi connectivity index (χ1) is 20.1. The largest absolute Gasteiger partial charge is 0.352 e. The summed E-state index contributed by atoms with van der Waals surface area (Å²) < 4.78 is 26.6. The van der Waals surface area contributed by atoms with Crippen LogP contribution in [-0.2, 0) is 32.6 Å². The van der Waals surface area contributed by atoms with Gasteiger partial charge in [0.25, 0.3) is 0 Å². The summed E-state index contributed by atoms with van der Waals surface area (Å²) in [5.74, 6) is -0.305. The molecular weight excluding hydrogens is 546 g/mol. The maximum Gasteiger partial charge on any atom is 0.243 e. The van der Waals surface area contributed by atoms with Crippen LogP contribution in [0.3, 0.4) is 0 Å². The minimum Gasteiger partial charge on any atom is -0.352 e. The first-order valence-electron chi connectivity index (χ1n) is 14.8. The average molecular weight is 590 g/mol. The number of hydrogen-bond acceptors (Lipinski definition) is 4. The van der Waals surface area contributed by atoms with Crippen LogP contribution in [0.15, 0.2) is 78.9 Å². The maximum absolute atomic E-state index is 14.0. The number of rotatable bonds is 13. The molecule has 1 saturated carbocycles. The van der Waals surface area contributed by atoms with E-state index in [0.717, 1.165) is 47.9 Å². The summed E-state index contributed by atoms with van der Waals surface area (Å²) in [6.45, 7) is 4.42. The van der Waals surface area contributed by atoms with Crippen molar-refractivity contribution in [2.24, 2.45) is 0 Å². The Morgan fingerprint density at radius 2 is 1.55 bits per heavy atom. The molecule has 224 valence electrons. The van der Waals surface area contributed by atoms with E-state index in [4.69, 9.17) is 0 Å². The molecule has 1 fully saturated rings. The molecule has 1 N–H and O–H groups in total. The van der Waals surface area contributed by atoms with E-state index in [1.165, 1.54) is 10.6 Å². The van der Waals surface area contributed by atoms with Crippen LogP contribution in [0.5, 0.6) is 0 Å². The van der Waals surface area contributed by atoms with Gasteiger partial charge >= 0.3 is 0 Å². The summed E-state index contributed by atoms with van der Waals surface area (Å²) in [6.07, 6.45) is 6.12. The second-order valence-corrected chi connectivity index (χ2v) is 13.4. The third-order valence-electron chi connectivity index (χ3n) is 7.88. The van der Waals surface area contributed by atoms with Crippen LogP contribution in [0.2, 0.25) is 0 Å². The number of carbonyl (C=O) groups is 2. The molecule has 2 amide bonds. The van der Waals surface area contributed by atoms with E-state index in [2.05, 4.69) is 5.32 Å². The van der Waals surface area contributed by atoms with Gasteiger partial charge in [0.2, 0.25) is 21.8 Å². The zero-order chi connectivity index (χ0) is 30.1. The molecule has 1 aliphatic carbocycles. The highest BCUT2D eigenvalue weighted by Crippen LogP contribution is 2.22. The predicted molar refractivity (Wildman–Crippen MR) is 169 cm³/mol. The summed E-state index contributed by atoms with van der Waals surface area (Å²) in [7, 11) is -3.54. The summed E-state index contributed by atoms with van der Waals surface area (Å²) >= 11 is 0. The quantitative estimate of drug-likeness (QED) is 0.283. The number of sulfonamides is 1. The number of amides is 2. The van der Waals surface area contributed by atoms with Crippen molar-refractivity contribution < 1.29 is 18.0 Å². The zero-order valence-electron chi connectivity index (χ0n) is 25.0. The minimum absolute atomic E-state index is 0.117. The molecule has 3 aromatic carbocycles. The lowest BCUT2D eigenvalue weighted by Crippen LogP contribution is -2.52. The molecule has 0 bridgehead atoms. The van der Waals surface area contributed by atoms with Gasteiger partial charge in [-0.2, -0.15) is 0 Å². The lowest BCUT2D eigenvalue weighted by Gasteiger charge is -2.33. The van der Waals surface area contributed by atoms with Gasteiger partial charge in [-0.25, -0.2) is 8.42 Å². The molecule has 0 saturated heterocycles. The molecule has 1 aliphatic rings. The monoisotopic (exact) mass is 589 g/mol. The summed E-state index contributed by atoms with van der Waals surface area (Å²) in [5.41, 5.74) is 4.62. The molecule has 7 nitrogen and oxygen atoms in total. The van der Waals surface area contributed by atoms with Gasteiger partial charge in [-0.05, 0) is 56.4 Å². The molecule has 42 heavy (non-hydrogen) atoms. The average Bonchev–Trinajstić information content (AvgIpc) is 3.46. The molecule has 8 heteroatoms. The van der Waals surface area contributed by atoms with Gasteiger partial charge in [-0.1, -0.05) is 90.7 Å². The normalized spacial score (nSPS) is 14.4. The molecule has 1 atom stereocenters. The molecule has 0 aliphatic heterocycles. The topological polar surface area (TPSA) is 86.8 Å². The van der Waals surface area contributed by atoms with Crippen molar-refractivity contribution in [1.82, 2.24) is 10.2 Å². The van der Waals surface area contributed by atoms with Crippen molar-refractivity contribution in [3.8, 4) is 0 Å². The third-order valence-corrected chi connectivity index (χ3v) is 9.08. The van der Waals surface area contributed by atoms with Crippen LogP contribution >= 0.6 is 0 Å². The lowest BCUT2D eigenvalue weighted by atomic mass is 10.0. The van der Waals surface area contributed by atoms with Crippen molar-refractivity contribution in [3.05, 3.63) is 101 Å². The lowest BCUT2D eigenvalue weighted by molar-refractivity contribution is -0.141. The fourth-order valence-corrected chi connectivity index (χ4v) is 6.61. The first-order valence-corrected chi connectivity index (χ1v) is 16.7. The van der Waals surface area contributed by atoms with E-state index in [-0.39, 0.29) is 30.8 Å². The number of carbonyl (C=O) groups excluding carboxylic acids is 2. The van der Waals surface area contributed by atoms with Gasteiger partial charge < -0.3 is 10.2 Å². The predicted octanol–water partition coefficient (Wildman–Crippen LogP) is 5.55. The van der Waals surface area contributed by atoms with Crippen LogP contribution in [0.25, 0.3) is 0 Å². The Morgan fingerprint density at radius 3 is 2.19 bits per heavy atom. The first kappa shape index (κ1) is 31.3. The maximum atomic E-state index is 14.0. The van der Waals surface area contributed by atoms with E-state index in [0.29, 0.717) is 25.1 Å². The summed E-state index contributed by atoms with van der Waals surface area (Å²) in [5, 5.41) is 3.23. The second kappa shape index (κ2) is 14.5. The number of anilines is 1. The van der Waals surface area contributed by atoms with Crippen molar-refractivity contribution in [1.29, 1.82) is 0 Å². The van der Waals surface area contributed by atoms with Crippen molar-refractivity contribution in [2.45, 2.75) is 77.4 Å². The fourth-order valence-electron chi connectivity index (χ4n) is 5.64. The van der Waals surface area contributed by atoms with Crippen LogP contribution in [0.4, 0.5) is 5.69 Å². The highest BCUT2D eigenvalue weighted by atomic mass is 32.2. The van der Waals surface area contributed by atoms with Crippen LogP contribution in [-0.4, -0.2) is 50.0 Å². The molecule has 0 spiro atoms. The van der Waals surface area contributed by atoms with E-state index in [9.17, 15) is 18.0 Å². The number of benzene rings is 3. The summed E-state index contributed by atoms with van der Waals surface area (Å²) in [4.78, 5) is 29.5. The van der Waals surface area contributed by atoms with Gasteiger partial charge in [0.05, 0.1) is 11.9 Å². The number of nitrogens with one attached hydrogen (secondary N) is 1. The standard InChI is InChI=1S/C34H43N3O4S/c1-26-18-20-31(21-19-26)37(42(3,40)41)22-10-17-33(38)36(25-29-14-9-11-27(2)23-29)32(24-28-12-5-4-6-13-28)34(39)35-30-15-7-8-16-30/h4-6,9,11-14,18-21,23,30,32H,7-8,10,15-17,22,24-25H2,1-3H3,(H,35,39)/t32-/m0/s1. The minimum atomic E-state index is -3.54. The van der Waals surface area contributed by atoms with Crippen LogP contribution < -0.4 is 9.62 Å². The van der Waals surface area contributed by atoms with Crippen molar-refractivity contribution in [2.75, 3.05) is 17.1 Å². The van der Waals surface area contributed by atoms with Gasteiger partial charge in [-0.3, -0.25) is 13.9 Å². The van der Waals surface area contributed by atoms with E-state index < -0.39 is 16.1 Å². The van der Waals surface area contributed by atoms with E-state index in [1.54, 1.807) is 17.0 Å². The van der Waals surface area contributed by atoms with E-state index in [1.807, 2.05) is 80.6 Å². The Kier molecular flexibility index (Phi) is 10.8. The molecule has 0 unspecified atom stereocenters. The number of nitrogens with zero attached hydrogens (tertiary/aromatic N) is 2. The molecule has 0 heterocycles. The van der Waals surface area contributed by atoms with Gasteiger partial charge in [0.15, 0.2) is 0 Å². The van der Waals surface area contributed by atoms with Crippen LogP contribution in [0, 0.1) is 13.8 Å². The Balaban J connectivity index is 1.58. The zero-order valence-corrected chi connectivity index (χ0v) is 25.8. The third kappa shape index (κ3) is 8.92. The number of hydrogen-bond donors (Lipinski definition) is 1. The SMILES string of the molecule is Cc1ccc(N(CCCC(=O)N(Cc2cccc(C)c2)[C@@H](Cc2ccccc2)C(=O)NC2CCCC2)S(C)(=O)=O)cc1. The van der Waals surface area contributed by atoms with E-state index >= 15 is 0 Å². The molecular formula is C34H43N3O4S. The van der Waals surface area contributed by atoms with Gasteiger partial charge in [0.1, 0.15) is 6.04 Å². The van der Waals surface area contributed by atoms with Gasteiger partial charge in [0, 0.05) is 32.0 Å². The number of aryl methyl sites for hydroxylation is 2. The Bertz CT molecular complexity index is 1440. The van der Waals surface area contributed by atoms with Crippen molar-refractivity contribution in [3.63, 3.8) is 0 Å². The highest BCUT2D eigenvalue weighted by Gasteiger charge is 2.32. The van der Waals surface area contributed by atoms with Crippen molar-refractivity contribution >= 4 is 27.5 Å². The molecule has 0 radical (unpaired) electrons. The molecule has 0 aromatic heterocycles. The second-order valence-electron chi connectivity index (χ2n) is 11.5. The van der Waals surface area contributed by atoms with Gasteiger partial charge in [-0.15, -0.1) is 0 Å². The highest BCUT2D eigenvalue weighted by molar-refractivity contribution is 7.92. The Hall–Kier alpha value is -3.65. The van der Waals surface area contributed by atoms with Crippen LogP contribution in [0.1, 0.15) is 60.8 Å².